The number of rotatable bonds is 6. The predicted octanol–water partition coefficient (Wildman–Crippen LogP) is 4.08. The van der Waals surface area contributed by atoms with Crippen molar-refractivity contribution in [1.82, 2.24) is 10.6 Å². The van der Waals surface area contributed by atoms with E-state index < -0.39 is 12.0 Å². The molecular formula is C22H30N2O4. The standard InChI is InChI=1S/C22H30N2O4/c1-4-12-27-18-11-6-5-10-17(18)20-19(15(3)23-22(26)24-20)21(25)28-16-9-7-8-14(2)13-16/h5-6,10-11,14,16,19-20H,3-4,7-9,12-13H2,1-2H3,(H2,23,24,26)/t14-,16+,19+,20+/m1/s1. The number of carbonyl (C=O) groups excluding carboxylic acids is 2. The molecule has 0 bridgehead atoms. The van der Waals surface area contributed by atoms with Crippen LogP contribution in [0.25, 0.3) is 0 Å². The SMILES string of the molecule is C=C1NC(=O)N[C@@H](c2ccccc2OCCC)[C@H]1C(=O)O[C@H]1CCC[C@@H](C)C1. The van der Waals surface area contributed by atoms with Gasteiger partial charge >= 0.3 is 12.0 Å². The molecule has 2 N–H and O–H groups in total. The van der Waals surface area contributed by atoms with Crippen LogP contribution in [0.15, 0.2) is 36.5 Å². The Morgan fingerprint density at radius 1 is 1.29 bits per heavy atom. The molecule has 6 nitrogen and oxygen atoms in total. The highest BCUT2D eigenvalue weighted by Gasteiger charge is 2.41. The molecule has 1 aromatic carbocycles. The zero-order chi connectivity index (χ0) is 20.1. The van der Waals surface area contributed by atoms with E-state index >= 15 is 0 Å². The van der Waals surface area contributed by atoms with E-state index in [-0.39, 0.29) is 18.1 Å². The zero-order valence-corrected chi connectivity index (χ0v) is 16.7. The molecule has 2 amide bonds. The number of carbonyl (C=O) groups is 2. The molecule has 3 rings (SSSR count). The second-order valence-corrected chi connectivity index (χ2v) is 7.80. The topological polar surface area (TPSA) is 76.7 Å². The maximum atomic E-state index is 13.1. The normalized spacial score (nSPS) is 27.5. The molecule has 6 heteroatoms. The van der Waals surface area contributed by atoms with Gasteiger partial charge in [0.25, 0.3) is 0 Å². The van der Waals surface area contributed by atoms with E-state index in [0.717, 1.165) is 31.2 Å². The van der Waals surface area contributed by atoms with Gasteiger partial charge in [-0.1, -0.05) is 45.0 Å². The van der Waals surface area contributed by atoms with Crippen LogP contribution in [-0.4, -0.2) is 24.7 Å². The highest BCUT2D eigenvalue weighted by Crippen LogP contribution is 2.36. The molecule has 2 aliphatic rings. The van der Waals surface area contributed by atoms with Gasteiger partial charge in [0.2, 0.25) is 0 Å². The van der Waals surface area contributed by atoms with Crippen molar-refractivity contribution in [1.29, 1.82) is 0 Å². The molecule has 1 aliphatic heterocycles. The van der Waals surface area contributed by atoms with Gasteiger partial charge in [-0.25, -0.2) is 4.79 Å². The Labute approximate surface area is 166 Å². The van der Waals surface area contributed by atoms with Gasteiger partial charge in [-0.3, -0.25) is 4.79 Å². The van der Waals surface area contributed by atoms with E-state index in [4.69, 9.17) is 9.47 Å². The van der Waals surface area contributed by atoms with Gasteiger partial charge in [-0.2, -0.15) is 0 Å². The van der Waals surface area contributed by atoms with Gasteiger partial charge in [0, 0.05) is 11.3 Å². The first-order valence-electron chi connectivity index (χ1n) is 10.2. The Morgan fingerprint density at radius 3 is 2.82 bits per heavy atom. The third-order valence-electron chi connectivity index (χ3n) is 5.41. The zero-order valence-electron chi connectivity index (χ0n) is 16.7. The lowest BCUT2D eigenvalue weighted by atomic mass is 9.87. The Hall–Kier alpha value is -2.50. The number of para-hydroxylation sites is 1. The maximum Gasteiger partial charge on any atom is 0.319 e. The summed E-state index contributed by atoms with van der Waals surface area (Å²) in [5, 5.41) is 5.50. The van der Waals surface area contributed by atoms with Crippen LogP contribution in [0.1, 0.15) is 57.6 Å². The second kappa shape index (κ2) is 9.13. The van der Waals surface area contributed by atoms with Crippen molar-refractivity contribution >= 4 is 12.0 Å². The second-order valence-electron chi connectivity index (χ2n) is 7.80. The minimum Gasteiger partial charge on any atom is -0.493 e. The summed E-state index contributed by atoms with van der Waals surface area (Å²) in [6, 6.07) is 6.52. The average Bonchev–Trinajstić information content (AvgIpc) is 2.66. The lowest BCUT2D eigenvalue weighted by Crippen LogP contribution is -2.51. The Kier molecular flexibility index (Phi) is 6.60. The first kappa shape index (κ1) is 20.2. The number of hydrogen-bond acceptors (Lipinski definition) is 4. The van der Waals surface area contributed by atoms with E-state index in [0.29, 0.717) is 24.0 Å². The van der Waals surface area contributed by atoms with Gasteiger partial charge in [-0.15, -0.1) is 0 Å². The van der Waals surface area contributed by atoms with Gasteiger partial charge in [-0.05, 0) is 37.7 Å². The Morgan fingerprint density at radius 2 is 2.07 bits per heavy atom. The highest BCUT2D eigenvalue weighted by atomic mass is 16.5. The molecule has 0 radical (unpaired) electrons. The number of urea groups is 1. The van der Waals surface area contributed by atoms with Crippen molar-refractivity contribution in [3.05, 3.63) is 42.1 Å². The van der Waals surface area contributed by atoms with Gasteiger partial charge < -0.3 is 20.1 Å². The quantitative estimate of drug-likeness (QED) is 0.722. The number of ether oxygens (including phenoxy) is 2. The summed E-state index contributed by atoms with van der Waals surface area (Å²) >= 11 is 0. The van der Waals surface area contributed by atoms with E-state index in [1.54, 1.807) is 0 Å². The van der Waals surface area contributed by atoms with E-state index in [1.165, 1.54) is 6.42 Å². The van der Waals surface area contributed by atoms with Crippen molar-refractivity contribution in [3.8, 4) is 5.75 Å². The molecule has 0 unspecified atom stereocenters. The first-order chi connectivity index (χ1) is 13.5. The molecule has 1 heterocycles. The number of benzene rings is 1. The van der Waals surface area contributed by atoms with Crippen LogP contribution < -0.4 is 15.4 Å². The van der Waals surface area contributed by atoms with Crippen LogP contribution in [0, 0.1) is 11.8 Å². The Bertz CT molecular complexity index is 733. The smallest absolute Gasteiger partial charge is 0.319 e. The molecule has 1 saturated carbocycles. The number of nitrogens with one attached hydrogen (secondary N) is 2. The van der Waals surface area contributed by atoms with E-state index in [9.17, 15) is 9.59 Å². The van der Waals surface area contributed by atoms with Crippen LogP contribution in [0.4, 0.5) is 4.79 Å². The van der Waals surface area contributed by atoms with Crippen molar-refractivity contribution in [2.45, 2.75) is 58.1 Å². The Balaban J connectivity index is 1.84. The molecule has 2 fully saturated rings. The van der Waals surface area contributed by atoms with Gasteiger partial charge in [0.1, 0.15) is 17.8 Å². The summed E-state index contributed by atoms with van der Waals surface area (Å²) in [4.78, 5) is 25.2. The summed E-state index contributed by atoms with van der Waals surface area (Å²) in [6.45, 7) is 8.71. The van der Waals surface area contributed by atoms with Gasteiger partial charge in [0.15, 0.2) is 0 Å². The van der Waals surface area contributed by atoms with Crippen molar-refractivity contribution < 1.29 is 19.1 Å². The van der Waals surface area contributed by atoms with E-state index in [1.807, 2.05) is 31.2 Å². The van der Waals surface area contributed by atoms with Crippen LogP contribution in [0.2, 0.25) is 0 Å². The van der Waals surface area contributed by atoms with Crippen molar-refractivity contribution in [2.24, 2.45) is 11.8 Å². The summed E-state index contributed by atoms with van der Waals surface area (Å²) in [5.74, 6) is 0.152. The third kappa shape index (κ3) is 4.66. The maximum absolute atomic E-state index is 13.1. The molecule has 1 aliphatic carbocycles. The van der Waals surface area contributed by atoms with E-state index in [2.05, 4.69) is 24.1 Å². The van der Waals surface area contributed by atoms with Crippen LogP contribution in [0.3, 0.4) is 0 Å². The fourth-order valence-corrected chi connectivity index (χ4v) is 4.03. The monoisotopic (exact) mass is 386 g/mol. The number of hydrogen-bond donors (Lipinski definition) is 2. The third-order valence-corrected chi connectivity index (χ3v) is 5.41. The number of amides is 2. The molecular weight excluding hydrogens is 356 g/mol. The summed E-state index contributed by atoms with van der Waals surface area (Å²) in [7, 11) is 0. The minimum atomic E-state index is -0.707. The van der Waals surface area contributed by atoms with Crippen molar-refractivity contribution in [2.75, 3.05) is 6.61 Å². The van der Waals surface area contributed by atoms with Crippen LogP contribution >= 0.6 is 0 Å². The number of esters is 1. The minimum absolute atomic E-state index is 0.0751. The first-order valence-corrected chi connectivity index (χ1v) is 10.2. The van der Waals surface area contributed by atoms with Crippen LogP contribution in [0.5, 0.6) is 5.75 Å². The molecule has 4 atom stereocenters. The predicted molar refractivity (Wildman–Crippen MR) is 107 cm³/mol. The fourth-order valence-electron chi connectivity index (χ4n) is 4.03. The van der Waals surface area contributed by atoms with Crippen LogP contribution in [-0.2, 0) is 9.53 Å². The van der Waals surface area contributed by atoms with Gasteiger partial charge in [0.05, 0.1) is 12.6 Å². The lowest BCUT2D eigenvalue weighted by Gasteiger charge is -2.35. The fraction of sp³-hybridized carbons (Fsp3) is 0.545. The average molecular weight is 386 g/mol. The highest BCUT2D eigenvalue weighted by molar-refractivity contribution is 5.85. The molecule has 1 saturated heterocycles. The molecule has 0 spiro atoms. The summed E-state index contributed by atoms with van der Waals surface area (Å²) in [6.07, 6.45) is 4.80. The molecule has 1 aromatic rings. The molecule has 152 valence electrons. The molecule has 28 heavy (non-hydrogen) atoms. The molecule has 0 aromatic heterocycles. The summed E-state index contributed by atoms with van der Waals surface area (Å²) in [5.41, 5.74) is 1.11. The largest absolute Gasteiger partial charge is 0.493 e. The van der Waals surface area contributed by atoms with Crippen molar-refractivity contribution in [3.63, 3.8) is 0 Å². The lowest BCUT2D eigenvalue weighted by molar-refractivity contribution is -0.156. The summed E-state index contributed by atoms with van der Waals surface area (Å²) < 4.78 is 11.7.